The average Bonchev–Trinajstić information content (AvgIpc) is 2.91. The zero-order chi connectivity index (χ0) is 14.4. The van der Waals surface area contributed by atoms with Crippen LogP contribution in [0.25, 0.3) is 0 Å². The smallest absolute Gasteiger partial charge is 0.308 e. The van der Waals surface area contributed by atoms with Crippen LogP contribution in [0.2, 0.25) is 0 Å². The molecule has 2 aliphatic rings. The Hall–Kier alpha value is -1.59. The van der Waals surface area contributed by atoms with Gasteiger partial charge in [-0.25, -0.2) is 0 Å². The van der Waals surface area contributed by atoms with E-state index < -0.39 is 35.1 Å². The fourth-order valence-electron chi connectivity index (χ4n) is 3.14. The van der Waals surface area contributed by atoms with E-state index in [0.717, 1.165) is 0 Å². The normalized spacial score (nSPS) is 32.7. The van der Waals surface area contributed by atoms with Crippen LogP contribution >= 0.6 is 0 Å². The number of amides is 1. The number of carbonyl (C=O) groups is 3. The predicted molar refractivity (Wildman–Crippen MR) is 65.3 cm³/mol. The van der Waals surface area contributed by atoms with E-state index >= 15 is 0 Å². The van der Waals surface area contributed by atoms with Crippen molar-refractivity contribution in [3.05, 3.63) is 0 Å². The maximum atomic E-state index is 12.3. The van der Waals surface area contributed by atoms with Gasteiger partial charge < -0.3 is 15.1 Å². The van der Waals surface area contributed by atoms with Crippen molar-refractivity contribution in [3.8, 4) is 0 Å². The van der Waals surface area contributed by atoms with Gasteiger partial charge in [0.1, 0.15) is 0 Å². The van der Waals surface area contributed by atoms with Gasteiger partial charge in [-0.15, -0.1) is 0 Å². The zero-order valence-corrected chi connectivity index (χ0v) is 11.1. The Morgan fingerprint density at radius 1 is 1.11 bits per heavy atom. The van der Waals surface area contributed by atoms with E-state index in [2.05, 4.69) is 0 Å². The molecule has 2 N–H and O–H groups in total. The van der Waals surface area contributed by atoms with Crippen molar-refractivity contribution in [2.75, 3.05) is 13.1 Å². The van der Waals surface area contributed by atoms with Gasteiger partial charge in [0.25, 0.3) is 0 Å². The van der Waals surface area contributed by atoms with Gasteiger partial charge in [-0.3, -0.25) is 14.4 Å². The molecule has 1 saturated heterocycles. The van der Waals surface area contributed by atoms with Crippen molar-refractivity contribution in [2.45, 2.75) is 26.7 Å². The first-order valence-corrected chi connectivity index (χ1v) is 6.51. The SMILES string of the molecule is CC1(C)[C@H](C(=O)O)[C@@H]1C(=O)N1CCCC(C(=O)O)C1. The number of carboxylic acids is 2. The summed E-state index contributed by atoms with van der Waals surface area (Å²) in [6.45, 7) is 4.27. The molecule has 0 spiro atoms. The van der Waals surface area contributed by atoms with Crippen molar-refractivity contribution in [2.24, 2.45) is 23.2 Å². The number of hydrogen-bond donors (Lipinski definition) is 2. The number of hydrogen-bond acceptors (Lipinski definition) is 3. The van der Waals surface area contributed by atoms with E-state index in [1.807, 2.05) is 0 Å². The van der Waals surface area contributed by atoms with E-state index in [-0.39, 0.29) is 12.5 Å². The molecule has 6 heteroatoms. The van der Waals surface area contributed by atoms with Gasteiger partial charge in [0.2, 0.25) is 5.91 Å². The van der Waals surface area contributed by atoms with Crippen LogP contribution < -0.4 is 0 Å². The topological polar surface area (TPSA) is 94.9 Å². The van der Waals surface area contributed by atoms with Crippen molar-refractivity contribution < 1.29 is 24.6 Å². The largest absolute Gasteiger partial charge is 0.481 e. The molecule has 1 aliphatic carbocycles. The molecule has 6 nitrogen and oxygen atoms in total. The van der Waals surface area contributed by atoms with E-state index in [0.29, 0.717) is 19.4 Å². The monoisotopic (exact) mass is 269 g/mol. The van der Waals surface area contributed by atoms with Crippen LogP contribution in [0.5, 0.6) is 0 Å². The standard InChI is InChI=1S/C13H19NO5/c1-13(2)8(9(13)12(18)19)10(15)14-5-3-4-7(6-14)11(16)17/h7-9H,3-6H2,1-2H3,(H,16,17)(H,18,19)/t7?,8-,9+/m1/s1. The first-order valence-electron chi connectivity index (χ1n) is 6.51. The highest BCUT2D eigenvalue weighted by molar-refractivity contribution is 5.92. The molecule has 0 aromatic heterocycles. The average molecular weight is 269 g/mol. The van der Waals surface area contributed by atoms with Gasteiger partial charge in [0.15, 0.2) is 0 Å². The molecular weight excluding hydrogens is 250 g/mol. The molecule has 2 fully saturated rings. The highest BCUT2D eigenvalue weighted by atomic mass is 16.4. The maximum absolute atomic E-state index is 12.3. The molecule has 106 valence electrons. The summed E-state index contributed by atoms with van der Waals surface area (Å²) < 4.78 is 0. The summed E-state index contributed by atoms with van der Waals surface area (Å²) in [4.78, 5) is 35.9. The molecule has 19 heavy (non-hydrogen) atoms. The first-order chi connectivity index (χ1) is 8.76. The molecular formula is C13H19NO5. The lowest BCUT2D eigenvalue weighted by Gasteiger charge is -2.31. The lowest BCUT2D eigenvalue weighted by molar-refractivity contribution is -0.147. The molecule has 0 bridgehead atoms. The minimum atomic E-state index is -0.949. The number of piperidine rings is 1. The van der Waals surface area contributed by atoms with Crippen molar-refractivity contribution in [1.29, 1.82) is 0 Å². The minimum absolute atomic E-state index is 0.201. The van der Waals surface area contributed by atoms with Crippen LogP contribution in [0.15, 0.2) is 0 Å². The summed E-state index contributed by atoms with van der Waals surface area (Å²) in [5, 5.41) is 18.1. The Bertz CT molecular complexity index is 431. The van der Waals surface area contributed by atoms with Crippen molar-refractivity contribution in [3.63, 3.8) is 0 Å². The zero-order valence-electron chi connectivity index (χ0n) is 11.1. The van der Waals surface area contributed by atoms with Crippen molar-refractivity contribution >= 4 is 17.8 Å². The fourth-order valence-corrected chi connectivity index (χ4v) is 3.14. The third-order valence-electron chi connectivity index (χ3n) is 4.44. The Kier molecular flexibility index (Phi) is 3.28. The summed E-state index contributed by atoms with van der Waals surface area (Å²) in [6.07, 6.45) is 1.24. The molecule has 0 radical (unpaired) electrons. The lowest BCUT2D eigenvalue weighted by atomic mass is 9.97. The lowest BCUT2D eigenvalue weighted by Crippen LogP contribution is -2.43. The van der Waals surface area contributed by atoms with E-state index in [4.69, 9.17) is 10.2 Å². The third kappa shape index (κ3) is 2.31. The molecule has 1 heterocycles. The summed E-state index contributed by atoms with van der Waals surface area (Å²) >= 11 is 0. The van der Waals surface area contributed by atoms with Crippen LogP contribution in [0.4, 0.5) is 0 Å². The molecule has 0 aromatic carbocycles. The number of aliphatic carboxylic acids is 2. The molecule has 1 unspecified atom stereocenters. The number of carbonyl (C=O) groups excluding carboxylic acids is 1. The Morgan fingerprint density at radius 3 is 2.21 bits per heavy atom. The maximum Gasteiger partial charge on any atom is 0.308 e. The van der Waals surface area contributed by atoms with Crippen molar-refractivity contribution in [1.82, 2.24) is 4.90 Å². The van der Waals surface area contributed by atoms with E-state index in [1.165, 1.54) is 4.90 Å². The summed E-state index contributed by atoms with van der Waals surface area (Å²) in [6, 6.07) is 0. The molecule has 2 rings (SSSR count). The number of nitrogens with zero attached hydrogens (tertiary/aromatic N) is 1. The van der Waals surface area contributed by atoms with Gasteiger partial charge in [-0.05, 0) is 18.3 Å². The summed E-state index contributed by atoms with van der Waals surface area (Å²) in [5.74, 6) is -3.73. The van der Waals surface area contributed by atoms with Gasteiger partial charge in [-0.2, -0.15) is 0 Å². The molecule has 1 amide bonds. The highest BCUT2D eigenvalue weighted by Crippen LogP contribution is 2.59. The van der Waals surface area contributed by atoms with Crippen LogP contribution in [0.3, 0.4) is 0 Å². The third-order valence-corrected chi connectivity index (χ3v) is 4.44. The van der Waals surface area contributed by atoms with E-state index in [1.54, 1.807) is 13.8 Å². The highest BCUT2D eigenvalue weighted by Gasteiger charge is 2.66. The second-order valence-corrected chi connectivity index (χ2v) is 6.08. The van der Waals surface area contributed by atoms with Crippen LogP contribution in [0, 0.1) is 23.2 Å². The fraction of sp³-hybridized carbons (Fsp3) is 0.769. The second-order valence-electron chi connectivity index (χ2n) is 6.08. The van der Waals surface area contributed by atoms with E-state index in [9.17, 15) is 14.4 Å². The molecule has 1 aliphatic heterocycles. The second kappa shape index (κ2) is 4.51. The van der Waals surface area contributed by atoms with Gasteiger partial charge >= 0.3 is 11.9 Å². The predicted octanol–water partition coefficient (Wildman–Crippen LogP) is 0.666. The van der Waals surface area contributed by atoms with Crippen LogP contribution in [-0.4, -0.2) is 46.0 Å². The molecule has 3 atom stereocenters. The quantitative estimate of drug-likeness (QED) is 0.785. The number of rotatable bonds is 3. The Morgan fingerprint density at radius 2 is 1.74 bits per heavy atom. The Balaban J connectivity index is 2.05. The minimum Gasteiger partial charge on any atom is -0.481 e. The molecule has 0 aromatic rings. The first kappa shape index (κ1) is 13.8. The van der Waals surface area contributed by atoms with Crippen LogP contribution in [0.1, 0.15) is 26.7 Å². The van der Waals surface area contributed by atoms with Crippen LogP contribution in [-0.2, 0) is 14.4 Å². The molecule has 1 saturated carbocycles. The Labute approximate surface area is 111 Å². The summed E-state index contributed by atoms with van der Waals surface area (Å²) in [5.41, 5.74) is -0.529. The van der Waals surface area contributed by atoms with Gasteiger partial charge in [0, 0.05) is 13.1 Å². The van der Waals surface area contributed by atoms with Gasteiger partial charge in [-0.1, -0.05) is 13.8 Å². The summed E-state index contributed by atoms with van der Waals surface area (Å²) in [7, 11) is 0. The number of carboxylic acid groups (broad SMARTS) is 2. The number of likely N-dealkylation sites (tertiary alicyclic amines) is 1. The van der Waals surface area contributed by atoms with Gasteiger partial charge in [0.05, 0.1) is 17.8 Å².